The van der Waals surface area contributed by atoms with Gasteiger partial charge in [-0.05, 0) is 13.3 Å². The summed E-state index contributed by atoms with van der Waals surface area (Å²) in [5.41, 5.74) is 0.608. The highest BCUT2D eigenvalue weighted by Gasteiger charge is 2.02. The first-order chi connectivity index (χ1) is 7.63. The highest BCUT2D eigenvalue weighted by molar-refractivity contribution is 5.87. The second-order valence-corrected chi connectivity index (χ2v) is 2.75. The van der Waals surface area contributed by atoms with Crippen molar-refractivity contribution in [1.29, 1.82) is 0 Å². The highest BCUT2D eigenvalue weighted by atomic mass is 16.5. The second-order valence-electron chi connectivity index (χ2n) is 2.75. The zero-order valence-electron chi connectivity index (χ0n) is 9.69. The Balaban J connectivity index is 0. The number of ether oxygens (including phenoxy) is 1. The summed E-state index contributed by atoms with van der Waals surface area (Å²) < 4.78 is 4.79. The Kier molecular flexibility index (Phi) is 14.5. The van der Waals surface area contributed by atoms with E-state index in [9.17, 15) is 4.79 Å². The van der Waals surface area contributed by atoms with Crippen LogP contribution in [0.15, 0.2) is 37.0 Å². The van der Waals surface area contributed by atoms with Crippen LogP contribution in [0.2, 0.25) is 0 Å². The lowest BCUT2D eigenvalue weighted by Crippen LogP contribution is -2.05. The molecule has 0 aliphatic heterocycles. The van der Waals surface area contributed by atoms with Gasteiger partial charge in [0.2, 0.25) is 0 Å². The third-order valence-electron chi connectivity index (χ3n) is 1.34. The molecule has 0 spiro atoms. The Labute approximate surface area is 96.6 Å². The number of aliphatic hydroxyl groups is 2. The molecule has 0 atom stereocenters. The molecule has 0 rings (SSSR count). The van der Waals surface area contributed by atoms with Crippen molar-refractivity contribution in [2.24, 2.45) is 0 Å². The van der Waals surface area contributed by atoms with Crippen molar-refractivity contribution in [3.63, 3.8) is 0 Å². The molecule has 0 aliphatic carbocycles. The van der Waals surface area contributed by atoms with E-state index in [0.29, 0.717) is 12.0 Å². The van der Waals surface area contributed by atoms with Gasteiger partial charge < -0.3 is 14.9 Å². The molecule has 0 aromatic carbocycles. The molecule has 16 heavy (non-hydrogen) atoms. The summed E-state index contributed by atoms with van der Waals surface area (Å²) in [6.07, 6.45) is 5.73. The Morgan fingerprint density at radius 3 is 2.19 bits per heavy atom. The maximum absolute atomic E-state index is 11.0. The summed E-state index contributed by atoms with van der Waals surface area (Å²) in [7, 11) is 0. The van der Waals surface area contributed by atoms with E-state index in [-0.39, 0.29) is 25.8 Å². The molecule has 0 unspecified atom stereocenters. The molecule has 0 aromatic heterocycles. The molecule has 0 aromatic rings. The number of aliphatic hydroxyl groups excluding tert-OH is 2. The summed E-state index contributed by atoms with van der Waals surface area (Å²) in [5, 5.41) is 15.2. The quantitative estimate of drug-likeness (QED) is 0.407. The first kappa shape index (κ1) is 17.0. The minimum Gasteiger partial charge on any atom is -0.458 e. The van der Waals surface area contributed by atoms with Gasteiger partial charge >= 0.3 is 5.97 Å². The number of allylic oxidation sites excluding steroid dienone is 2. The topological polar surface area (TPSA) is 66.8 Å². The molecule has 0 saturated heterocycles. The molecule has 0 aliphatic rings. The predicted octanol–water partition coefficient (Wildman–Crippen LogP) is 1.21. The van der Waals surface area contributed by atoms with Gasteiger partial charge in [-0.2, -0.15) is 0 Å². The maximum Gasteiger partial charge on any atom is 0.333 e. The first-order valence-corrected chi connectivity index (χ1v) is 4.91. The van der Waals surface area contributed by atoms with E-state index < -0.39 is 0 Å². The van der Waals surface area contributed by atoms with Crippen LogP contribution in [0.1, 0.15) is 13.3 Å². The van der Waals surface area contributed by atoms with Gasteiger partial charge in [0.1, 0.15) is 6.61 Å². The lowest BCUT2D eigenvalue weighted by molar-refractivity contribution is -0.137. The minimum atomic E-state index is -0.295. The van der Waals surface area contributed by atoms with Crippen molar-refractivity contribution in [3.05, 3.63) is 37.0 Å². The Morgan fingerprint density at radius 1 is 1.25 bits per heavy atom. The number of rotatable bonds is 6. The molecule has 4 heteroatoms. The highest BCUT2D eigenvalue weighted by Crippen LogP contribution is 1.98. The molecule has 0 radical (unpaired) electrons. The average molecular weight is 228 g/mol. The number of esters is 1. The second kappa shape index (κ2) is 13.6. The monoisotopic (exact) mass is 228 g/mol. The molecule has 0 saturated carbocycles. The molecular formula is C12H20O4. The zero-order valence-corrected chi connectivity index (χ0v) is 9.69. The molecule has 2 N–H and O–H groups in total. The van der Waals surface area contributed by atoms with Gasteiger partial charge in [-0.15, -0.1) is 6.58 Å². The van der Waals surface area contributed by atoms with Gasteiger partial charge in [0.15, 0.2) is 0 Å². The van der Waals surface area contributed by atoms with Crippen LogP contribution in [0.4, 0.5) is 0 Å². The Bertz CT molecular complexity index is 229. The van der Waals surface area contributed by atoms with Crippen LogP contribution in [0.3, 0.4) is 0 Å². The van der Waals surface area contributed by atoms with E-state index in [4.69, 9.17) is 14.9 Å². The van der Waals surface area contributed by atoms with E-state index >= 15 is 0 Å². The average Bonchev–Trinajstić information content (AvgIpc) is 2.33. The third-order valence-corrected chi connectivity index (χ3v) is 1.34. The van der Waals surface area contributed by atoms with Crippen LogP contribution >= 0.6 is 0 Å². The number of hydrogen-bond donors (Lipinski definition) is 2. The molecule has 4 nitrogen and oxygen atoms in total. The van der Waals surface area contributed by atoms with Gasteiger partial charge in [-0.1, -0.05) is 24.8 Å². The SMILES string of the molecule is C=CCC=C(C)C(=O)OCC=C.OCCO. The number of carbonyl (C=O) groups is 1. The summed E-state index contributed by atoms with van der Waals surface area (Å²) in [6.45, 7) is 8.71. The fraction of sp³-hybridized carbons (Fsp3) is 0.417. The van der Waals surface area contributed by atoms with Crippen molar-refractivity contribution < 1.29 is 19.7 Å². The van der Waals surface area contributed by atoms with Gasteiger partial charge in [0, 0.05) is 5.57 Å². The zero-order chi connectivity index (χ0) is 12.8. The first-order valence-electron chi connectivity index (χ1n) is 4.91. The third kappa shape index (κ3) is 12.6. The standard InChI is InChI=1S/C10H14O2.C2H6O2/c1-4-6-7-9(3)10(11)12-8-5-2;3-1-2-4/h4-5,7H,1-2,6,8H2,3H3;3-4H,1-2H2. The molecule has 92 valence electrons. The predicted molar refractivity (Wildman–Crippen MR) is 63.9 cm³/mol. The van der Waals surface area contributed by atoms with E-state index in [1.54, 1.807) is 25.2 Å². The van der Waals surface area contributed by atoms with Crippen LogP contribution in [0, 0.1) is 0 Å². The summed E-state index contributed by atoms with van der Waals surface area (Å²) in [4.78, 5) is 11.0. The van der Waals surface area contributed by atoms with Crippen LogP contribution < -0.4 is 0 Å². The molecule has 0 heterocycles. The minimum absolute atomic E-state index is 0.125. The van der Waals surface area contributed by atoms with Crippen LogP contribution in [0.25, 0.3) is 0 Å². The fourth-order valence-corrected chi connectivity index (χ4v) is 0.592. The summed E-state index contributed by atoms with van der Waals surface area (Å²) in [5.74, 6) is -0.295. The van der Waals surface area contributed by atoms with Crippen molar-refractivity contribution >= 4 is 5.97 Å². The van der Waals surface area contributed by atoms with E-state index in [1.165, 1.54) is 0 Å². The lowest BCUT2D eigenvalue weighted by atomic mass is 10.2. The van der Waals surface area contributed by atoms with Gasteiger partial charge in [-0.25, -0.2) is 4.79 Å². The van der Waals surface area contributed by atoms with Gasteiger partial charge in [0.05, 0.1) is 13.2 Å². The smallest absolute Gasteiger partial charge is 0.333 e. The van der Waals surface area contributed by atoms with E-state index in [2.05, 4.69) is 13.2 Å². The van der Waals surface area contributed by atoms with Crippen molar-refractivity contribution in [1.82, 2.24) is 0 Å². The van der Waals surface area contributed by atoms with E-state index in [0.717, 1.165) is 0 Å². The van der Waals surface area contributed by atoms with Crippen LogP contribution in [-0.2, 0) is 9.53 Å². The normalized spacial score (nSPS) is 9.81. The van der Waals surface area contributed by atoms with E-state index in [1.807, 2.05) is 0 Å². The number of carbonyl (C=O) groups excluding carboxylic acids is 1. The molecule has 0 amide bonds. The van der Waals surface area contributed by atoms with Crippen molar-refractivity contribution in [2.75, 3.05) is 19.8 Å². The van der Waals surface area contributed by atoms with Gasteiger partial charge in [-0.3, -0.25) is 0 Å². The summed E-state index contributed by atoms with van der Waals surface area (Å²) >= 11 is 0. The van der Waals surface area contributed by atoms with Crippen LogP contribution in [0.5, 0.6) is 0 Å². The largest absolute Gasteiger partial charge is 0.458 e. The van der Waals surface area contributed by atoms with Gasteiger partial charge in [0.25, 0.3) is 0 Å². The Morgan fingerprint density at radius 2 is 1.81 bits per heavy atom. The maximum atomic E-state index is 11.0. The van der Waals surface area contributed by atoms with Crippen LogP contribution in [-0.4, -0.2) is 36.0 Å². The summed E-state index contributed by atoms with van der Waals surface area (Å²) in [6, 6.07) is 0. The van der Waals surface area contributed by atoms with Crippen molar-refractivity contribution in [3.8, 4) is 0 Å². The molecule has 0 fully saturated rings. The van der Waals surface area contributed by atoms with Crippen molar-refractivity contribution in [2.45, 2.75) is 13.3 Å². The Hall–Kier alpha value is -1.39. The lowest BCUT2D eigenvalue weighted by Gasteiger charge is -2.00. The number of hydrogen-bond acceptors (Lipinski definition) is 4. The fourth-order valence-electron chi connectivity index (χ4n) is 0.592. The molecular weight excluding hydrogens is 208 g/mol. The molecule has 0 bridgehead atoms.